The summed E-state index contributed by atoms with van der Waals surface area (Å²) in [7, 11) is 0. The maximum atomic E-state index is 12.0. The zero-order valence-electron chi connectivity index (χ0n) is 12.4. The first kappa shape index (κ1) is 17.9. The number of urea groups is 1. The first-order valence-electron chi connectivity index (χ1n) is 6.74. The molecular weight excluding hydrogens is 279 g/mol. The molecule has 1 N–H and O–H groups in total. The van der Waals surface area contributed by atoms with Crippen LogP contribution in [0.4, 0.5) is 4.79 Å². The van der Waals surface area contributed by atoms with E-state index in [0.29, 0.717) is 19.3 Å². The second-order valence-electron chi connectivity index (χ2n) is 4.95. The molecule has 1 aliphatic heterocycles. The number of carbonyl (C=O) groups is 3. The topological polar surface area (TPSA) is 77.3 Å². The molecule has 4 amide bonds. The summed E-state index contributed by atoms with van der Waals surface area (Å²) in [5.41, 5.74) is -0.0154. The van der Waals surface area contributed by atoms with Crippen LogP contribution in [0, 0.1) is 5.41 Å². The molecule has 0 aromatic heterocycles. The van der Waals surface area contributed by atoms with Crippen molar-refractivity contribution in [3.8, 4) is 0 Å². The first-order chi connectivity index (χ1) is 9.58. The Labute approximate surface area is 146 Å². The van der Waals surface area contributed by atoms with Crippen molar-refractivity contribution >= 4 is 17.8 Å². The van der Waals surface area contributed by atoms with Crippen LogP contribution >= 0.6 is 0 Å². The normalized spacial score (nSPS) is 21.3. The summed E-state index contributed by atoms with van der Waals surface area (Å²) in [5, 5.41) is 5.51. The molecule has 0 aliphatic carbocycles. The van der Waals surface area contributed by atoms with Crippen LogP contribution in [0.5, 0.6) is 0 Å². The Hall–Kier alpha value is -1.17. The van der Waals surface area contributed by atoms with Crippen molar-refractivity contribution < 1.29 is 43.9 Å². The van der Waals surface area contributed by atoms with Gasteiger partial charge in [0.25, 0.3) is 0 Å². The van der Waals surface area contributed by atoms with Crippen molar-refractivity contribution in [3.63, 3.8) is 0 Å². The molecule has 1 aliphatic rings. The summed E-state index contributed by atoms with van der Waals surface area (Å²) < 4.78 is 0. The van der Waals surface area contributed by atoms with Gasteiger partial charge in [-0.15, -0.1) is 0 Å². The second-order valence-corrected chi connectivity index (χ2v) is 4.95. The number of nitrogens with zero attached hydrogens (tertiary/aromatic N) is 1. The first-order valence-corrected chi connectivity index (χ1v) is 6.74. The average Bonchev–Trinajstić information content (AvgIpc) is 2.43. The number of imide groups is 2. The SMILES string of the molecule is CCC1(CCCc2ccccc2)C(=O)[N-]C(=O)NC1=O.[Na+]. The molecule has 0 radical (unpaired) electrons. The maximum absolute atomic E-state index is 12.0. The third kappa shape index (κ3) is 3.93. The quantitative estimate of drug-likeness (QED) is 0.591. The van der Waals surface area contributed by atoms with Gasteiger partial charge in [0.2, 0.25) is 0 Å². The third-order valence-corrected chi connectivity index (χ3v) is 3.78. The summed E-state index contributed by atoms with van der Waals surface area (Å²) in [6.07, 6.45) is 2.24. The largest absolute Gasteiger partial charge is 1.00 e. The van der Waals surface area contributed by atoms with Crippen molar-refractivity contribution in [1.29, 1.82) is 0 Å². The van der Waals surface area contributed by atoms with E-state index in [2.05, 4.69) is 10.6 Å². The van der Waals surface area contributed by atoms with E-state index in [4.69, 9.17) is 0 Å². The van der Waals surface area contributed by atoms with E-state index in [0.717, 1.165) is 12.0 Å². The zero-order valence-corrected chi connectivity index (χ0v) is 14.4. The van der Waals surface area contributed by atoms with Gasteiger partial charge in [0, 0.05) is 0 Å². The maximum Gasteiger partial charge on any atom is 1.00 e. The zero-order chi connectivity index (χ0) is 14.6. The Kier molecular flexibility index (Phi) is 6.58. The number of rotatable bonds is 5. The van der Waals surface area contributed by atoms with Gasteiger partial charge < -0.3 is 10.6 Å². The van der Waals surface area contributed by atoms with Crippen molar-refractivity contribution in [3.05, 3.63) is 41.2 Å². The minimum atomic E-state index is -1.18. The van der Waals surface area contributed by atoms with E-state index in [1.54, 1.807) is 6.92 Å². The standard InChI is InChI=1S/C15H18N2O3.Na/c1-2-15(12(18)16-14(20)17-13(15)19)10-6-9-11-7-4-3-5-8-11;/h3-5,7-8H,2,6,9-10H2,1H3,(H2,16,17,18,19,20);/q;+1/p-1. The van der Waals surface area contributed by atoms with Gasteiger partial charge in [-0.3, -0.25) is 14.4 Å². The fourth-order valence-electron chi connectivity index (χ4n) is 2.49. The molecule has 1 saturated heterocycles. The Bertz CT molecular complexity index is 511. The van der Waals surface area contributed by atoms with Gasteiger partial charge in [-0.25, -0.2) is 0 Å². The van der Waals surface area contributed by atoms with Crippen molar-refractivity contribution in [1.82, 2.24) is 5.32 Å². The summed E-state index contributed by atoms with van der Waals surface area (Å²) in [5.74, 6) is -1.13. The van der Waals surface area contributed by atoms with Crippen molar-refractivity contribution in [2.75, 3.05) is 0 Å². The van der Waals surface area contributed by atoms with Gasteiger partial charge in [0.15, 0.2) is 17.8 Å². The molecule has 1 heterocycles. The number of barbiturate groups is 1. The average molecular weight is 296 g/mol. The van der Waals surface area contributed by atoms with Gasteiger partial charge in [-0.05, 0) is 31.2 Å². The van der Waals surface area contributed by atoms with Gasteiger partial charge in [-0.2, -0.15) is 0 Å². The molecule has 21 heavy (non-hydrogen) atoms. The Morgan fingerprint density at radius 2 is 1.81 bits per heavy atom. The van der Waals surface area contributed by atoms with Gasteiger partial charge >= 0.3 is 29.6 Å². The van der Waals surface area contributed by atoms with Gasteiger partial charge in [0.1, 0.15) is 0 Å². The number of hydrogen-bond acceptors (Lipinski definition) is 3. The van der Waals surface area contributed by atoms with E-state index in [-0.39, 0.29) is 29.6 Å². The number of carbonyl (C=O) groups excluding carboxylic acids is 3. The molecule has 1 atom stereocenters. The number of hydrogen-bond donors (Lipinski definition) is 1. The molecular formula is C15H17N2NaO3. The molecule has 1 aromatic rings. The Morgan fingerprint density at radius 1 is 1.14 bits per heavy atom. The van der Waals surface area contributed by atoms with E-state index >= 15 is 0 Å². The van der Waals surface area contributed by atoms with Crippen LogP contribution < -0.4 is 34.9 Å². The number of benzene rings is 1. The number of nitrogens with one attached hydrogen (secondary N) is 1. The molecule has 1 aromatic carbocycles. The minimum absolute atomic E-state index is 0. The van der Waals surface area contributed by atoms with Crippen molar-refractivity contribution in [2.45, 2.75) is 32.6 Å². The van der Waals surface area contributed by atoms with Gasteiger partial charge in [-0.1, -0.05) is 37.3 Å². The smallest absolute Gasteiger partial charge is 0.394 e. The summed E-state index contributed by atoms with van der Waals surface area (Å²) in [4.78, 5) is 35.0. The van der Waals surface area contributed by atoms with Crippen LogP contribution in [0.2, 0.25) is 0 Å². The van der Waals surface area contributed by atoms with E-state index in [1.807, 2.05) is 30.3 Å². The molecule has 0 bridgehead atoms. The van der Waals surface area contributed by atoms with Crippen LogP contribution in [-0.2, 0) is 16.0 Å². The van der Waals surface area contributed by atoms with Crippen LogP contribution in [0.15, 0.2) is 30.3 Å². The monoisotopic (exact) mass is 296 g/mol. The second kappa shape index (κ2) is 7.73. The molecule has 0 saturated carbocycles. The van der Waals surface area contributed by atoms with E-state index in [1.165, 1.54) is 0 Å². The number of amides is 4. The predicted octanol–water partition coefficient (Wildman–Crippen LogP) is -0.440. The molecule has 0 spiro atoms. The van der Waals surface area contributed by atoms with E-state index < -0.39 is 23.3 Å². The molecule has 2 rings (SSSR count). The fourth-order valence-corrected chi connectivity index (χ4v) is 2.49. The summed E-state index contributed by atoms with van der Waals surface area (Å²) in [6, 6.07) is 9.02. The predicted molar refractivity (Wildman–Crippen MR) is 74.0 cm³/mol. The van der Waals surface area contributed by atoms with Crippen LogP contribution in [0.1, 0.15) is 31.7 Å². The Morgan fingerprint density at radius 3 is 2.38 bits per heavy atom. The fraction of sp³-hybridized carbons (Fsp3) is 0.400. The molecule has 1 unspecified atom stereocenters. The number of aryl methyl sites for hydroxylation is 1. The van der Waals surface area contributed by atoms with Gasteiger partial charge in [0.05, 0.1) is 5.41 Å². The molecule has 6 heteroatoms. The minimum Gasteiger partial charge on any atom is -0.394 e. The third-order valence-electron chi connectivity index (χ3n) is 3.78. The summed E-state index contributed by atoms with van der Waals surface area (Å²) in [6.45, 7) is 1.77. The molecule has 106 valence electrons. The van der Waals surface area contributed by atoms with Crippen LogP contribution in [0.3, 0.4) is 0 Å². The van der Waals surface area contributed by atoms with E-state index in [9.17, 15) is 14.4 Å². The molecule has 1 fully saturated rings. The summed E-state index contributed by atoms with van der Waals surface area (Å²) >= 11 is 0. The Balaban J connectivity index is 0.00000220. The van der Waals surface area contributed by atoms with Crippen LogP contribution in [0.25, 0.3) is 5.32 Å². The van der Waals surface area contributed by atoms with Crippen molar-refractivity contribution in [2.24, 2.45) is 5.41 Å². The molecule has 5 nitrogen and oxygen atoms in total. The van der Waals surface area contributed by atoms with Crippen LogP contribution in [-0.4, -0.2) is 17.8 Å².